The number of fused-ring (bicyclic) bond motifs is 6. The number of aromatic nitrogens is 6. The first-order valence-electron chi connectivity index (χ1n) is 23.3. The Kier molecular flexibility index (Phi) is 12.7. The van der Waals surface area contributed by atoms with Crippen molar-refractivity contribution in [2.75, 3.05) is 77.5 Å². The van der Waals surface area contributed by atoms with E-state index in [9.17, 15) is 9.59 Å². The summed E-state index contributed by atoms with van der Waals surface area (Å²) in [6.45, 7) is 10.6. The van der Waals surface area contributed by atoms with Crippen molar-refractivity contribution in [2.45, 2.75) is 50.6 Å². The number of methoxy groups -OCH3 is 2. The van der Waals surface area contributed by atoms with Gasteiger partial charge in [0.05, 0.1) is 54.0 Å². The zero-order valence-electron chi connectivity index (χ0n) is 38.9. The van der Waals surface area contributed by atoms with E-state index < -0.39 is 11.8 Å². The summed E-state index contributed by atoms with van der Waals surface area (Å²) in [4.78, 5) is 78.6. The summed E-state index contributed by atoms with van der Waals surface area (Å²) in [5.74, 6) is 0.996. The molecule has 70 heavy (non-hydrogen) atoms. The highest BCUT2D eigenvalue weighted by Crippen LogP contribution is 2.44. The van der Waals surface area contributed by atoms with E-state index in [0.29, 0.717) is 111 Å². The highest BCUT2D eigenvalue weighted by atomic mass is 16.6. The van der Waals surface area contributed by atoms with Crippen LogP contribution in [0.2, 0.25) is 0 Å². The van der Waals surface area contributed by atoms with E-state index in [1.807, 2.05) is 15.2 Å². The molecule has 0 bridgehead atoms. The topological polar surface area (TPSA) is 216 Å². The zero-order valence-corrected chi connectivity index (χ0v) is 38.9. The van der Waals surface area contributed by atoms with Crippen LogP contribution in [0.1, 0.15) is 71.3 Å². The van der Waals surface area contributed by atoms with Gasteiger partial charge < -0.3 is 47.4 Å². The van der Waals surface area contributed by atoms with Crippen LogP contribution in [0.15, 0.2) is 74.1 Å². The van der Waals surface area contributed by atoms with Crippen LogP contribution in [0.4, 0.5) is 11.9 Å². The normalized spacial score (nSPS) is 17.8. The molecule has 4 aliphatic rings. The summed E-state index contributed by atoms with van der Waals surface area (Å²) in [5, 5.41) is 6.14. The molecule has 4 aliphatic heterocycles. The molecule has 4 aromatic heterocycles. The van der Waals surface area contributed by atoms with Gasteiger partial charge in [-0.25, -0.2) is 19.9 Å². The van der Waals surface area contributed by atoms with Gasteiger partial charge in [-0.05, 0) is 81.0 Å². The van der Waals surface area contributed by atoms with E-state index in [-0.39, 0.29) is 69.8 Å². The summed E-state index contributed by atoms with van der Waals surface area (Å²) < 4.78 is 39.6. The number of amides is 4. The lowest BCUT2D eigenvalue weighted by atomic mass is 9.97. The van der Waals surface area contributed by atoms with E-state index in [1.54, 1.807) is 28.0 Å². The average Bonchev–Trinajstić information content (AvgIpc) is 3.70. The Balaban J connectivity index is 1.06. The van der Waals surface area contributed by atoms with Crippen molar-refractivity contribution >= 4 is 57.6 Å². The number of rotatable bonds is 11. The molecule has 0 radical (unpaired) electrons. The molecule has 20 heteroatoms. The number of hydrogen-bond donors (Lipinski definition) is 2. The molecule has 2 atom stereocenters. The van der Waals surface area contributed by atoms with Gasteiger partial charge in [-0.1, -0.05) is 13.2 Å². The van der Waals surface area contributed by atoms with Gasteiger partial charge in [0.1, 0.15) is 37.5 Å². The monoisotopic (exact) mass is 952 g/mol. The van der Waals surface area contributed by atoms with Gasteiger partial charge in [-0.3, -0.25) is 29.8 Å². The minimum Gasteiger partial charge on any atom is -0.486 e. The molecule has 4 amide bonds. The van der Waals surface area contributed by atoms with E-state index in [2.05, 4.69) is 33.8 Å². The van der Waals surface area contributed by atoms with Gasteiger partial charge in [-0.15, -0.1) is 0 Å². The third-order valence-corrected chi connectivity index (χ3v) is 13.1. The van der Waals surface area contributed by atoms with Crippen molar-refractivity contribution in [1.29, 1.82) is 0 Å². The number of ether oxygens (including phenoxy) is 6. The molecule has 8 heterocycles. The Hall–Kier alpha value is -8.16. The van der Waals surface area contributed by atoms with Gasteiger partial charge in [0, 0.05) is 50.2 Å². The maximum absolute atomic E-state index is 15.1. The molecular weight excluding hydrogens is 901 g/mol. The number of likely N-dealkylation sites (tertiary alicyclic amines) is 2. The van der Waals surface area contributed by atoms with Crippen LogP contribution in [-0.4, -0.2) is 129 Å². The number of nitrogens with one attached hydrogen (secondary N) is 2. The maximum atomic E-state index is 15.1. The molecule has 0 unspecified atom stereocenters. The van der Waals surface area contributed by atoms with Crippen LogP contribution in [-0.2, 0) is 9.59 Å². The number of carbonyl (C=O) groups is 4. The summed E-state index contributed by atoms with van der Waals surface area (Å²) >= 11 is 0. The first kappa shape index (κ1) is 45.6. The van der Waals surface area contributed by atoms with Gasteiger partial charge in [0.2, 0.25) is 35.5 Å². The van der Waals surface area contributed by atoms with E-state index in [1.165, 1.54) is 50.9 Å². The highest BCUT2D eigenvalue weighted by Gasteiger charge is 2.34. The van der Waals surface area contributed by atoms with E-state index in [0.717, 1.165) is 25.7 Å². The first-order chi connectivity index (χ1) is 34.2. The molecule has 2 fully saturated rings. The highest BCUT2D eigenvalue weighted by molar-refractivity contribution is 6.14. The molecule has 10 rings (SSSR count). The average molecular weight is 953 g/mol. The lowest BCUT2D eigenvalue weighted by molar-refractivity contribution is -0.127. The van der Waals surface area contributed by atoms with Gasteiger partial charge in [-0.2, -0.15) is 0 Å². The second-order valence-electron chi connectivity index (χ2n) is 17.2. The molecule has 20 nitrogen and oxygen atoms in total. The largest absolute Gasteiger partial charge is 0.486 e. The summed E-state index contributed by atoms with van der Waals surface area (Å²) in [6, 6.07) is 9.52. The smallest absolute Gasteiger partial charge is 0.258 e. The summed E-state index contributed by atoms with van der Waals surface area (Å²) in [5.41, 5.74) is 2.80. The van der Waals surface area contributed by atoms with Crippen molar-refractivity contribution in [3.63, 3.8) is 0 Å². The fraction of sp³-hybridized carbons (Fsp3) is 0.360. The number of hydrogen-bond acceptors (Lipinski definition) is 14. The van der Waals surface area contributed by atoms with Crippen LogP contribution in [0, 0.1) is 0 Å². The van der Waals surface area contributed by atoms with E-state index >= 15 is 9.59 Å². The third kappa shape index (κ3) is 8.42. The predicted octanol–water partition coefficient (Wildman–Crippen LogP) is 6.39. The summed E-state index contributed by atoms with van der Waals surface area (Å²) in [7, 11) is 2.85. The number of benzene rings is 2. The Morgan fingerprint density at radius 1 is 0.671 bits per heavy atom. The molecule has 2 saturated heterocycles. The summed E-state index contributed by atoms with van der Waals surface area (Å²) in [6.07, 6.45) is 10.00. The molecule has 0 spiro atoms. The van der Waals surface area contributed by atoms with Crippen molar-refractivity contribution < 1.29 is 47.6 Å². The fourth-order valence-corrected chi connectivity index (χ4v) is 9.90. The van der Waals surface area contributed by atoms with Crippen molar-refractivity contribution in [3.8, 4) is 45.9 Å². The van der Waals surface area contributed by atoms with E-state index in [4.69, 9.17) is 38.4 Å². The molecule has 2 N–H and O–H groups in total. The first-order valence-corrected chi connectivity index (χ1v) is 23.3. The van der Waals surface area contributed by atoms with Crippen LogP contribution >= 0.6 is 0 Å². The maximum Gasteiger partial charge on any atom is 0.258 e. The van der Waals surface area contributed by atoms with Crippen LogP contribution < -0.4 is 39.1 Å². The number of pyridine rings is 2. The van der Waals surface area contributed by atoms with Crippen molar-refractivity contribution in [3.05, 3.63) is 85.2 Å². The number of nitrogens with zero attached hydrogens (tertiary/aromatic N) is 8. The van der Waals surface area contributed by atoms with Gasteiger partial charge in [0.15, 0.2) is 23.0 Å². The third-order valence-electron chi connectivity index (χ3n) is 13.1. The molecular formula is C50H52N10O10. The Labute approximate surface area is 402 Å². The number of carbonyl (C=O) groups excluding carboxylic acids is 4. The SMILES string of the molecule is C=CC(=O)N1CCCC[C@@H](n2c(NC(=O)c3cc(OC)ncc3-c3c(C(=O)Nc4nc5ccc6c(c5n4[C@@H]4CCCCN(C(=O)C=C)C4)OCCO6)ccnc3OC)nc3ccc4c(c32)OCCO4)C1. The molecule has 0 aliphatic carbocycles. The number of anilines is 2. The van der Waals surface area contributed by atoms with Crippen molar-refractivity contribution in [2.24, 2.45) is 0 Å². The Morgan fingerprint density at radius 2 is 1.20 bits per heavy atom. The van der Waals surface area contributed by atoms with Crippen molar-refractivity contribution in [1.82, 2.24) is 38.9 Å². The lowest BCUT2D eigenvalue weighted by Crippen LogP contribution is -2.34. The molecule has 2 aromatic carbocycles. The quantitative estimate of drug-likeness (QED) is 0.135. The Morgan fingerprint density at radius 3 is 1.71 bits per heavy atom. The van der Waals surface area contributed by atoms with Gasteiger partial charge in [0.25, 0.3) is 11.8 Å². The standard InChI is InChI=1S/C50H52N10O10/c1-5-39(61)57-19-9-7-11-29(27-57)59-42-34(13-15-36-44(42)69-23-21-67-36)53-49(59)55-46(63)31-17-18-51-48(66-4)41(31)33-26-52-38(65-3)25-32(33)47(64)56-50-54-35-14-16-37-45(70-24-22-68-37)43(35)60(50)30-12-8-10-20-58(28-30)40(62)6-2/h5-6,13-18,25-26,29-30H,1-2,7-12,19-24,27-28H2,3-4H3,(H,53,55,63)(H,54,56,64)/t29-,30-/m1/s1. The fourth-order valence-electron chi connectivity index (χ4n) is 9.90. The molecule has 0 saturated carbocycles. The minimum atomic E-state index is -0.621. The Bertz CT molecular complexity index is 3070. The second kappa shape index (κ2) is 19.4. The second-order valence-corrected chi connectivity index (χ2v) is 17.2. The predicted molar refractivity (Wildman–Crippen MR) is 257 cm³/mol. The van der Waals surface area contributed by atoms with Gasteiger partial charge >= 0.3 is 0 Å². The molecule has 362 valence electrons. The number of imidazole rings is 2. The zero-order chi connectivity index (χ0) is 48.5. The van der Waals surface area contributed by atoms with Crippen LogP contribution in [0.5, 0.6) is 34.8 Å². The molecule has 6 aromatic rings. The van der Waals surface area contributed by atoms with Crippen LogP contribution in [0.3, 0.4) is 0 Å². The minimum absolute atomic E-state index is 0.0329. The van der Waals surface area contributed by atoms with Crippen LogP contribution in [0.25, 0.3) is 33.2 Å². The lowest BCUT2D eigenvalue weighted by Gasteiger charge is -2.27.